The van der Waals surface area contributed by atoms with Crippen LogP contribution in [-0.4, -0.2) is 44.9 Å². The van der Waals surface area contributed by atoms with Crippen LogP contribution in [0, 0.1) is 13.8 Å². The van der Waals surface area contributed by atoms with Gasteiger partial charge < -0.3 is 19.7 Å². The van der Waals surface area contributed by atoms with E-state index in [2.05, 4.69) is 5.32 Å². The molecule has 0 aliphatic heterocycles. The summed E-state index contributed by atoms with van der Waals surface area (Å²) in [5, 5.41) is 3.01. The Bertz CT molecular complexity index is 900. The minimum absolute atomic E-state index is 0.00905. The predicted octanol–water partition coefficient (Wildman–Crippen LogP) is 4.47. The van der Waals surface area contributed by atoms with Gasteiger partial charge in [0.25, 0.3) is 0 Å². The van der Waals surface area contributed by atoms with Gasteiger partial charge in [0.1, 0.15) is 6.54 Å². The smallest absolute Gasteiger partial charge is 0.322 e. The summed E-state index contributed by atoms with van der Waals surface area (Å²) in [6, 6.07) is 10.0. The number of rotatable bonds is 8. The first-order valence-corrected chi connectivity index (χ1v) is 10.8. The van der Waals surface area contributed by atoms with Crippen molar-refractivity contribution in [3.05, 3.63) is 53.3 Å². The third-order valence-corrected chi connectivity index (χ3v) is 6.00. The molecular weight excluding hydrogens is 376 g/mol. The van der Waals surface area contributed by atoms with Crippen LogP contribution in [0.2, 0.25) is 0 Å². The first kappa shape index (κ1) is 21.9. The summed E-state index contributed by atoms with van der Waals surface area (Å²) in [5.41, 5.74) is 4.06. The van der Waals surface area contributed by atoms with E-state index in [0.717, 1.165) is 41.8 Å². The fourth-order valence-corrected chi connectivity index (χ4v) is 3.67. The third-order valence-electron chi connectivity index (χ3n) is 6.00. The molecule has 0 spiro atoms. The van der Waals surface area contributed by atoms with Crippen LogP contribution in [0.4, 0.5) is 10.5 Å². The standard InChI is InChI=1S/C24H34N4O2/c1-6-19(4)27(24(30)25-22-12-9-17(2)14-18(22)3)16-23(29)28(20-10-11-20)15-21-8-7-13-26(21)5/h7-9,12-14,19-20H,6,10-11,15-16H2,1-5H3,(H,25,30)/t19-/m0/s1. The van der Waals surface area contributed by atoms with Crippen molar-refractivity contribution in [3.8, 4) is 0 Å². The predicted molar refractivity (Wildman–Crippen MR) is 120 cm³/mol. The van der Waals surface area contributed by atoms with Gasteiger partial charge in [0, 0.05) is 36.7 Å². The molecule has 1 aromatic carbocycles. The summed E-state index contributed by atoms with van der Waals surface area (Å²) in [7, 11) is 1.99. The van der Waals surface area contributed by atoms with Crippen LogP contribution >= 0.6 is 0 Å². The van der Waals surface area contributed by atoms with Crippen molar-refractivity contribution in [1.82, 2.24) is 14.4 Å². The molecule has 1 atom stereocenters. The van der Waals surface area contributed by atoms with Gasteiger partial charge in [-0.15, -0.1) is 0 Å². The van der Waals surface area contributed by atoms with E-state index in [0.29, 0.717) is 6.54 Å². The third kappa shape index (κ3) is 5.23. The highest BCUT2D eigenvalue weighted by Gasteiger charge is 2.34. The van der Waals surface area contributed by atoms with Gasteiger partial charge in [-0.05, 0) is 63.8 Å². The Labute approximate surface area is 179 Å². The lowest BCUT2D eigenvalue weighted by Crippen LogP contribution is -2.48. The zero-order valence-electron chi connectivity index (χ0n) is 18.8. The number of hydrogen-bond acceptors (Lipinski definition) is 2. The van der Waals surface area contributed by atoms with Gasteiger partial charge in [0.15, 0.2) is 0 Å². The number of hydrogen-bond donors (Lipinski definition) is 1. The molecule has 1 saturated carbocycles. The van der Waals surface area contributed by atoms with Gasteiger partial charge in [0.05, 0.1) is 6.54 Å². The first-order valence-electron chi connectivity index (χ1n) is 10.8. The Kier molecular flexibility index (Phi) is 6.85. The Hall–Kier alpha value is -2.76. The summed E-state index contributed by atoms with van der Waals surface area (Å²) in [4.78, 5) is 30.0. The monoisotopic (exact) mass is 410 g/mol. The number of aromatic nitrogens is 1. The zero-order chi connectivity index (χ0) is 21.8. The molecule has 2 aromatic rings. The Morgan fingerprint density at radius 1 is 1.23 bits per heavy atom. The van der Waals surface area contributed by atoms with Gasteiger partial charge in [-0.25, -0.2) is 4.79 Å². The molecule has 162 valence electrons. The van der Waals surface area contributed by atoms with Crippen molar-refractivity contribution in [2.24, 2.45) is 7.05 Å². The number of carbonyl (C=O) groups is 2. The number of aryl methyl sites for hydroxylation is 3. The molecule has 1 fully saturated rings. The molecule has 1 N–H and O–H groups in total. The largest absolute Gasteiger partial charge is 0.353 e. The normalized spacial score (nSPS) is 14.3. The van der Waals surface area contributed by atoms with E-state index in [1.165, 1.54) is 0 Å². The second kappa shape index (κ2) is 9.37. The second-order valence-electron chi connectivity index (χ2n) is 8.50. The van der Waals surface area contributed by atoms with Gasteiger partial charge in [-0.3, -0.25) is 4.79 Å². The summed E-state index contributed by atoms with van der Waals surface area (Å²) >= 11 is 0. The van der Waals surface area contributed by atoms with Crippen LogP contribution in [0.3, 0.4) is 0 Å². The van der Waals surface area contributed by atoms with E-state index in [4.69, 9.17) is 0 Å². The van der Waals surface area contributed by atoms with E-state index < -0.39 is 0 Å². The van der Waals surface area contributed by atoms with Crippen LogP contribution in [0.1, 0.15) is 49.9 Å². The highest BCUT2D eigenvalue weighted by molar-refractivity contribution is 5.93. The van der Waals surface area contributed by atoms with E-state index in [-0.39, 0.29) is 30.6 Å². The van der Waals surface area contributed by atoms with Crippen molar-refractivity contribution in [3.63, 3.8) is 0 Å². The lowest BCUT2D eigenvalue weighted by Gasteiger charge is -2.31. The summed E-state index contributed by atoms with van der Waals surface area (Å²) in [6.07, 6.45) is 4.85. The fourth-order valence-electron chi connectivity index (χ4n) is 3.67. The van der Waals surface area contributed by atoms with Gasteiger partial charge in [0.2, 0.25) is 5.91 Å². The molecule has 0 radical (unpaired) electrons. The first-order chi connectivity index (χ1) is 14.3. The molecule has 0 bridgehead atoms. The molecule has 30 heavy (non-hydrogen) atoms. The number of carbonyl (C=O) groups excluding carboxylic acids is 2. The summed E-state index contributed by atoms with van der Waals surface area (Å²) in [6.45, 7) is 8.72. The Morgan fingerprint density at radius 3 is 2.53 bits per heavy atom. The van der Waals surface area contributed by atoms with E-state index in [9.17, 15) is 9.59 Å². The van der Waals surface area contributed by atoms with Crippen LogP contribution in [-0.2, 0) is 18.4 Å². The van der Waals surface area contributed by atoms with Crippen molar-refractivity contribution in [2.75, 3.05) is 11.9 Å². The maximum Gasteiger partial charge on any atom is 0.322 e. The number of anilines is 1. The lowest BCUT2D eigenvalue weighted by molar-refractivity contribution is -0.133. The molecule has 6 heteroatoms. The zero-order valence-corrected chi connectivity index (χ0v) is 18.8. The Balaban J connectivity index is 1.73. The molecular formula is C24H34N4O2. The molecule has 0 unspecified atom stereocenters. The van der Waals surface area contributed by atoms with Gasteiger partial charge in [-0.2, -0.15) is 0 Å². The molecule has 1 heterocycles. The van der Waals surface area contributed by atoms with Crippen LogP contribution < -0.4 is 5.32 Å². The maximum atomic E-state index is 13.3. The molecule has 0 saturated heterocycles. The minimum Gasteiger partial charge on any atom is -0.353 e. The molecule has 1 aromatic heterocycles. The van der Waals surface area contributed by atoms with E-state index in [1.807, 2.05) is 80.7 Å². The van der Waals surface area contributed by atoms with Crippen LogP contribution in [0.25, 0.3) is 0 Å². The highest BCUT2D eigenvalue weighted by atomic mass is 16.2. The molecule has 3 amide bonds. The average Bonchev–Trinajstić information content (AvgIpc) is 3.47. The number of nitrogens with zero attached hydrogens (tertiary/aromatic N) is 3. The quantitative estimate of drug-likeness (QED) is 0.698. The highest BCUT2D eigenvalue weighted by Crippen LogP contribution is 2.29. The number of benzene rings is 1. The number of nitrogens with one attached hydrogen (secondary N) is 1. The van der Waals surface area contributed by atoms with Gasteiger partial charge >= 0.3 is 6.03 Å². The van der Waals surface area contributed by atoms with Crippen LogP contribution in [0.15, 0.2) is 36.5 Å². The average molecular weight is 411 g/mol. The van der Waals surface area contributed by atoms with Crippen molar-refractivity contribution >= 4 is 17.6 Å². The number of urea groups is 1. The van der Waals surface area contributed by atoms with Crippen molar-refractivity contribution in [1.29, 1.82) is 0 Å². The molecule has 1 aliphatic carbocycles. The molecule has 1 aliphatic rings. The van der Waals surface area contributed by atoms with Crippen molar-refractivity contribution < 1.29 is 9.59 Å². The molecule has 6 nitrogen and oxygen atoms in total. The SMILES string of the molecule is CC[C@H](C)N(CC(=O)N(Cc1cccn1C)C1CC1)C(=O)Nc1ccc(C)cc1C. The van der Waals surface area contributed by atoms with E-state index >= 15 is 0 Å². The minimum atomic E-state index is -0.223. The fraction of sp³-hybridized carbons (Fsp3) is 0.500. The molecule has 3 rings (SSSR count). The Morgan fingerprint density at radius 2 is 1.97 bits per heavy atom. The van der Waals surface area contributed by atoms with Crippen LogP contribution in [0.5, 0.6) is 0 Å². The van der Waals surface area contributed by atoms with Crippen molar-refractivity contribution in [2.45, 2.75) is 65.6 Å². The number of amides is 3. The van der Waals surface area contributed by atoms with Gasteiger partial charge in [-0.1, -0.05) is 24.6 Å². The van der Waals surface area contributed by atoms with E-state index in [1.54, 1.807) is 4.90 Å². The maximum absolute atomic E-state index is 13.3. The summed E-state index contributed by atoms with van der Waals surface area (Å²) in [5.74, 6) is 0.00905. The summed E-state index contributed by atoms with van der Waals surface area (Å²) < 4.78 is 2.04. The lowest BCUT2D eigenvalue weighted by atomic mass is 10.1. The second-order valence-corrected chi connectivity index (χ2v) is 8.50. The topological polar surface area (TPSA) is 57.6 Å².